The highest BCUT2D eigenvalue weighted by atomic mass is 16.3. The average Bonchev–Trinajstić information content (AvgIpc) is 2.64. The van der Waals surface area contributed by atoms with Gasteiger partial charge in [-0.05, 0) is 37.1 Å². The molecule has 0 aliphatic heterocycles. The predicted octanol–water partition coefficient (Wildman–Crippen LogP) is 4.70. The van der Waals surface area contributed by atoms with Gasteiger partial charge in [-0.15, -0.1) is 0 Å². The molecule has 3 aromatic carbocycles. The van der Waals surface area contributed by atoms with E-state index in [-0.39, 0.29) is 22.8 Å². The van der Waals surface area contributed by atoms with E-state index in [0.717, 1.165) is 16.8 Å². The highest BCUT2D eigenvalue weighted by Crippen LogP contribution is 2.29. The van der Waals surface area contributed by atoms with Gasteiger partial charge < -0.3 is 10.2 Å². The first kappa shape index (κ1) is 17.4. The van der Waals surface area contributed by atoms with Crippen LogP contribution in [0.3, 0.4) is 0 Å². The van der Waals surface area contributed by atoms with Crippen molar-refractivity contribution in [3.05, 3.63) is 88.5 Å². The van der Waals surface area contributed by atoms with Crippen LogP contribution in [0.2, 0.25) is 0 Å². The van der Waals surface area contributed by atoms with Gasteiger partial charge in [-0.25, -0.2) is 0 Å². The largest absolute Gasteiger partial charge is 0.507 e. The van der Waals surface area contributed by atoms with Crippen LogP contribution in [-0.4, -0.2) is 22.2 Å². The Morgan fingerprint density at radius 3 is 2.38 bits per heavy atom. The Morgan fingerprint density at radius 2 is 1.65 bits per heavy atom. The standard InChI is InChI=1S/C22H19NO3/c1-14-7-6-10-19(15(14)2)23-13-17-11-18(21(25)12-20(17)24)22(26)16-8-4-3-5-9-16/h3-13,24-25H,1-2H3/b23-13+. The molecule has 4 heteroatoms. The molecule has 0 bridgehead atoms. The quantitative estimate of drug-likeness (QED) is 0.532. The molecular formula is C22H19NO3. The lowest BCUT2D eigenvalue weighted by molar-refractivity contribution is 0.103. The van der Waals surface area contributed by atoms with E-state index >= 15 is 0 Å². The van der Waals surface area contributed by atoms with Gasteiger partial charge in [-0.2, -0.15) is 0 Å². The Labute approximate surface area is 152 Å². The summed E-state index contributed by atoms with van der Waals surface area (Å²) < 4.78 is 0. The molecule has 0 aliphatic rings. The number of hydrogen-bond acceptors (Lipinski definition) is 4. The van der Waals surface area contributed by atoms with Gasteiger partial charge in [0.2, 0.25) is 0 Å². The van der Waals surface area contributed by atoms with E-state index in [4.69, 9.17) is 0 Å². The Hall–Kier alpha value is -3.40. The maximum Gasteiger partial charge on any atom is 0.196 e. The van der Waals surface area contributed by atoms with Crippen molar-refractivity contribution in [1.82, 2.24) is 0 Å². The Kier molecular flexibility index (Phi) is 4.85. The number of carbonyl (C=O) groups is 1. The highest BCUT2D eigenvalue weighted by Gasteiger charge is 2.16. The summed E-state index contributed by atoms with van der Waals surface area (Å²) in [7, 11) is 0. The van der Waals surface area contributed by atoms with Crippen LogP contribution in [-0.2, 0) is 0 Å². The summed E-state index contributed by atoms with van der Waals surface area (Å²) in [5, 5.41) is 20.2. The first-order valence-electron chi connectivity index (χ1n) is 8.23. The first-order valence-corrected chi connectivity index (χ1v) is 8.23. The zero-order valence-corrected chi connectivity index (χ0v) is 14.6. The van der Waals surface area contributed by atoms with Gasteiger partial charge in [0, 0.05) is 23.4 Å². The fraction of sp³-hybridized carbons (Fsp3) is 0.0909. The van der Waals surface area contributed by atoms with Crippen molar-refractivity contribution < 1.29 is 15.0 Å². The second kappa shape index (κ2) is 7.23. The van der Waals surface area contributed by atoms with Gasteiger partial charge >= 0.3 is 0 Å². The fourth-order valence-corrected chi connectivity index (χ4v) is 2.64. The number of aryl methyl sites for hydroxylation is 1. The molecule has 0 heterocycles. The van der Waals surface area contributed by atoms with Crippen molar-refractivity contribution >= 4 is 17.7 Å². The third-order valence-electron chi connectivity index (χ3n) is 4.34. The molecule has 0 fully saturated rings. The van der Waals surface area contributed by atoms with E-state index in [1.807, 2.05) is 38.1 Å². The SMILES string of the molecule is Cc1cccc(/N=C/c2cc(C(=O)c3ccccc3)c(O)cc2O)c1C. The van der Waals surface area contributed by atoms with Crippen molar-refractivity contribution in [3.8, 4) is 11.5 Å². The summed E-state index contributed by atoms with van der Waals surface area (Å²) >= 11 is 0. The summed E-state index contributed by atoms with van der Waals surface area (Å²) in [6.07, 6.45) is 1.50. The summed E-state index contributed by atoms with van der Waals surface area (Å²) in [6.45, 7) is 3.98. The van der Waals surface area contributed by atoms with Gasteiger partial charge in [-0.3, -0.25) is 9.79 Å². The highest BCUT2D eigenvalue weighted by molar-refractivity contribution is 6.11. The van der Waals surface area contributed by atoms with Crippen LogP contribution in [0.15, 0.2) is 65.7 Å². The van der Waals surface area contributed by atoms with Crippen LogP contribution in [0, 0.1) is 13.8 Å². The third-order valence-corrected chi connectivity index (χ3v) is 4.34. The minimum absolute atomic E-state index is 0.122. The van der Waals surface area contributed by atoms with E-state index in [1.54, 1.807) is 24.3 Å². The molecule has 0 radical (unpaired) electrons. The van der Waals surface area contributed by atoms with Gasteiger partial charge in [-0.1, -0.05) is 42.5 Å². The van der Waals surface area contributed by atoms with E-state index in [9.17, 15) is 15.0 Å². The maximum atomic E-state index is 12.6. The zero-order valence-electron chi connectivity index (χ0n) is 14.6. The molecule has 0 aromatic heterocycles. The Balaban J connectivity index is 2.00. The minimum Gasteiger partial charge on any atom is -0.507 e. The fourth-order valence-electron chi connectivity index (χ4n) is 2.64. The van der Waals surface area contributed by atoms with Crippen LogP contribution < -0.4 is 0 Å². The molecule has 0 saturated carbocycles. The molecule has 0 spiro atoms. The third kappa shape index (κ3) is 3.49. The van der Waals surface area contributed by atoms with E-state index in [1.165, 1.54) is 18.3 Å². The van der Waals surface area contributed by atoms with E-state index < -0.39 is 0 Å². The number of aromatic hydroxyl groups is 2. The molecule has 0 unspecified atom stereocenters. The molecule has 3 rings (SSSR count). The van der Waals surface area contributed by atoms with Crippen LogP contribution in [0.4, 0.5) is 5.69 Å². The number of aliphatic imine (C=N–C) groups is 1. The number of nitrogens with zero attached hydrogens (tertiary/aromatic N) is 1. The van der Waals surface area contributed by atoms with Crippen LogP contribution in [0.5, 0.6) is 11.5 Å². The number of hydrogen-bond donors (Lipinski definition) is 2. The summed E-state index contributed by atoms with van der Waals surface area (Å²) in [5.41, 5.74) is 3.90. The van der Waals surface area contributed by atoms with Crippen molar-refractivity contribution in [2.24, 2.45) is 4.99 Å². The molecule has 0 amide bonds. The second-order valence-electron chi connectivity index (χ2n) is 6.10. The maximum absolute atomic E-state index is 12.6. The topological polar surface area (TPSA) is 69.9 Å². The summed E-state index contributed by atoms with van der Waals surface area (Å²) in [4.78, 5) is 17.0. The molecule has 0 aliphatic carbocycles. The molecular weight excluding hydrogens is 326 g/mol. The summed E-state index contributed by atoms with van der Waals surface area (Å²) in [5.74, 6) is -0.717. The van der Waals surface area contributed by atoms with Crippen molar-refractivity contribution in [1.29, 1.82) is 0 Å². The van der Waals surface area contributed by atoms with Gasteiger partial charge in [0.25, 0.3) is 0 Å². The predicted molar refractivity (Wildman–Crippen MR) is 103 cm³/mol. The van der Waals surface area contributed by atoms with Crippen molar-refractivity contribution in [3.63, 3.8) is 0 Å². The number of benzene rings is 3. The van der Waals surface area contributed by atoms with Gasteiger partial charge in [0.1, 0.15) is 11.5 Å². The molecule has 26 heavy (non-hydrogen) atoms. The summed E-state index contributed by atoms with van der Waals surface area (Å²) in [6, 6.07) is 17.1. The number of ketones is 1. The van der Waals surface area contributed by atoms with Crippen LogP contribution >= 0.6 is 0 Å². The van der Waals surface area contributed by atoms with E-state index in [0.29, 0.717) is 11.1 Å². The molecule has 0 atom stereocenters. The second-order valence-corrected chi connectivity index (χ2v) is 6.10. The molecule has 0 saturated heterocycles. The van der Waals surface area contributed by atoms with Crippen molar-refractivity contribution in [2.75, 3.05) is 0 Å². The lowest BCUT2D eigenvalue weighted by Gasteiger charge is -2.08. The minimum atomic E-state index is -0.315. The smallest absolute Gasteiger partial charge is 0.196 e. The van der Waals surface area contributed by atoms with E-state index in [2.05, 4.69) is 4.99 Å². The number of phenolic OH excluding ortho intramolecular Hbond substituents is 2. The molecule has 3 aromatic rings. The van der Waals surface area contributed by atoms with Crippen LogP contribution in [0.25, 0.3) is 0 Å². The monoisotopic (exact) mass is 345 g/mol. The average molecular weight is 345 g/mol. The van der Waals surface area contributed by atoms with Gasteiger partial charge in [0.15, 0.2) is 5.78 Å². The first-order chi connectivity index (χ1) is 12.5. The molecule has 2 N–H and O–H groups in total. The van der Waals surface area contributed by atoms with Crippen molar-refractivity contribution in [2.45, 2.75) is 13.8 Å². The number of rotatable bonds is 4. The zero-order chi connectivity index (χ0) is 18.7. The molecule has 130 valence electrons. The molecule has 4 nitrogen and oxygen atoms in total. The normalized spacial score (nSPS) is 11.0. The Bertz CT molecular complexity index is 992. The number of carbonyl (C=O) groups excluding carboxylic acids is 1. The lowest BCUT2D eigenvalue weighted by atomic mass is 10.00. The number of phenols is 2. The lowest BCUT2D eigenvalue weighted by Crippen LogP contribution is -2.02. The van der Waals surface area contributed by atoms with Crippen LogP contribution in [0.1, 0.15) is 32.6 Å². The van der Waals surface area contributed by atoms with Gasteiger partial charge in [0.05, 0.1) is 11.3 Å². The Morgan fingerprint density at radius 1 is 0.923 bits per heavy atom.